The number of pyridine rings is 1. The number of carbonyl (C=O) groups excluding carboxylic acids is 1. The van der Waals surface area contributed by atoms with Crippen LogP contribution in [0.1, 0.15) is 12.8 Å². The summed E-state index contributed by atoms with van der Waals surface area (Å²) < 4.78 is 49.5. The molecule has 1 fully saturated rings. The van der Waals surface area contributed by atoms with Crippen molar-refractivity contribution in [1.29, 1.82) is 0 Å². The maximum Gasteiger partial charge on any atom is 0.244 e. The summed E-state index contributed by atoms with van der Waals surface area (Å²) in [7, 11) is -6.90. The zero-order valence-corrected chi connectivity index (χ0v) is 16.9. The molecule has 8 nitrogen and oxygen atoms in total. The first kappa shape index (κ1) is 20.4. The lowest BCUT2D eigenvalue weighted by atomic mass is 9.97. The van der Waals surface area contributed by atoms with E-state index in [1.807, 2.05) is 0 Å². The second kappa shape index (κ2) is 7.98. The third kappa shape index (κ3) is 4.57. The summed E-state index contributed by atoms with van der Waals surface area (Å²) in [6, 6.07) is 9.03. The van der Waals surface area contributed by atoms with Gasteiger partial charge in [0.2, 0.25) is 15.9 Å². The minimum atomic E-state index is -3.61. The largest absolute Gasteiger partial charge is 0.326 e. The number of anilines is 1. The molecule has 2 aromatic rings. The van der Waals surface area contributed by atoms with Crippen LogP contribution in [0.5, 0.6) is 0 Å². The van der Waals surface area contributed by atoms with Crippen molar-refractivity contribution >= 4 is 31.5 Å². The van der Waals surface area contributed by atoms with Gasteiger partial charge in [-0.05, 0) is 49.2 Å². The van der Waals surface area contributed by atoms with Gasteiger partial charge in [-0.3, -0.25) is 9.78 Å². The van der Waals surface area contributed by atoms with E-state index in [2.05, 4.69) is 10.3 Å². The third-order valence-electron chi connectivity index (χ3n) is 4.65. The van der Waals surface area contributed by atoms with Crippen LogP contribution in [0.4, 0.5) is 5.69 Å². The Morgan fingerprint density at radius 2 is 1.68 bits per heavy atom. The highest BCUT2D eigenvalue weighted by Crippen LogP contribution is 2.24. The second-order valence-electron chi connectivity index (χ2n) is 6.65. The quantitative estimate of drug-likeness (QED) is 0.780. The molecule has 1 aliphatic heterocycles. The summed E-state index contributed by atoms with van der Waals surface area (Å²) in [5, 5.41) is 2.76. The van der Waals surface area contributed by atoms with E-state index < -0.39 is 19.9 Å². The van der Waals surface area contributed by atoms with Crippen LogP contribution in [0.3, 0.4) is 0 Å². The number of hydrogen-bond acceptors (Lipinski definition) is 6. The van der Waals surface area contributed by atoms with Gasteiger partial charge < -0.3 is 5.32 Å². The van der Waals surface area contributed by atoms with Crippen LogP contribution in [0.15, 0.2) is 58.6 Å². The van der Waals surface area contributed by atoms with Gasteiger partial charge in [0.05, 0.1) is 4.90 Å². The lowest BCUT2D eigenvalue weighted by molar-refractivity contribution is -0.120. The first-order valence-electron chi connectivity index (χ1n) is 8.69. The van der Waals surface area contributed by atoms with Gasteiger partial charge in [-0.2, -0.15) is 4.31 Å². The lowest BCUT2D eigenvalue weighted by Crippen LogP contribution is -2.41. The average molecular weight is 424 g/mol. The van der Waals surface area contributed by atoms with E-state index in [9.17, 15) is 21.6 Å². The van der Waals surface area contributed by atoms with Gasteiger partial charge >= 0.3 is 0 Å². The van der Waals surface area contributed by atoms with Crippen LogP contribution >= 0.6 is 0 Å². The number of rotatable bonds is 5. The molecule has 10 heteroatoms. The molecule has 1 saturated heterocycles. The van der Waals surface area contributed by atoms with Gasteiger partial charge in [0.1, 0.15) is 4.90 Å². The maximum atomic E-state index is 12.6. The molecule has 1 amide bonds. The smallest absolute Gasteiger partial charge is 0.244 e. The molecule has 0 bridgehead atoms. The highest BCUT2D eigenvalue weighted by molar-refractivity contribution is 7.90. The summed E-state index contributed by atoms with van der Waals surface area (Å²) in [6.45, 7) is 0.505. The van der Waals surface area contributed by atoms with Crippen molar-refractivity contribution in [3.8, 4) is 0 Å². The monoisotopic (exact) mass is 423 g/mol. The van der Waals surface area contributed by atoms with E-state index in [0.29, 0.717) is 18.5 Å². The number of carbonyl (C=O) groups is 1. The topological polar surface area (TPSA) is 114 Å². The molecule has 0 unspecified atom stereocenters. The van der Waals surface area contributed by atoms with E-state index in [-0.39, 0.29) is 34.7 Å². The molecule has 150 valence electrons. The standard InChI is InChI=1S/C18H21N3O5S2/c1-27(23,24)16-6-4-15(5-7-16)20-18(22)14-8-11-21(12-9-14)28(25,26)17-3-2-10-19-13-17/h2-7,10,13-14H,8-9,11-12H2,1H3,(H,20,22). The van der Waals surface area contributed by atoms with Crippen molar-refractivity contribution in [2.24, 2.45) is 5.92 Å². The van der Waals surface area contributed by atoms with Crippen molar-refractivity contribution < 1.29 is 21.6 Å². The van der Waals surface area contributed by atoms with Gasteiger partial charge in [-0.15, -0.1) is 0 Å². The molecule has 1 N–H and O–H groups in total. The molecule has 3 rings (SSSR count). The third-order valence-corrected chi connectivity index (χ3v) is 7.66. The Bertz CT molecular complexity index is 1040. The predicted molar refractivity (Wildman–Crippen MR) is 104 cm³/mol. The molecule has 0 aliphatic carbocycles. The van der Waals surface area contributed by atoms with Crippen molar-refractivity contribution in [2.45, 2.75) is 22.6 Å². The molecular formula is C18H21N3O5S2. The Balaban J connectivity index is 1.60. The molecule has 28 heavy (non-hydrogen) atoms. The van der Waals surface area contributed by atoms with Crippen LogP contribution in [0.25, 0.3) is 0 Å². The summed E-state index contributed by atoms with van der Waals surface area (Å²) in [5.41, 5.74) is 0.503. The van der Waals surface area contributed by atoms with Crippen LogP contribution in [0, 0.1) is 5.92 Å². The zero-order chi connectivity index (χ0) is 20.4. The van der Waals surface area contributed by atoms with E-state index in [1.54, 1.807) is 6.07 Å². The van der Waals surface area contributed by atoms with Gasteiger partial charge in [0.15, 0.2) is 9.84 Å². The van der Waals surface area contributed by atoms with Crippen LogP contribution in [0.2, 0.25) is 0 Å². The van der Waals surface area contributed by atoms with E-state index >= 15 is 0 Å². The SMILES string of the molecule is CS(=O)(=O)c1ccc(NC(=O)C2CCN(S(=O)(=O)c3cccnc3)CC2)cc1. The Morgan fingerprint density at radius 1 is 1.04 bits per heavy atom. The molecule has 0 spiro atoms. The lowest BCUT2D eigenvalue weighted by Gasteiger charge is -2.30. The first-order valence-corrected chi connectivity index (χ1v) is 12.0. The number of sulfone groups is 1. The normalized spacial score (nSPS) is 16.6. The van der Waals surface area contributed by atoms with Gasteiger partial charge in [-0.1, -0.05) is 0 Å². The Kier molecular flexibility index (Phi) is 5.82. The van der Waals surface area contributed by atoms with Crippen LogP contribution in [-0.2, 0) is 24.7 Å². The number of amides is 1. The first-order chi connectivity index (χ1) is 13.2. The molecule has 0 radical (unpaired) electrons. The van der Waals surface area contributed by atoms with Gasteiger partial charge in [0, 0.05) is 43.3 Å². The van der Waals surface area contributed by atoms with Crippen molar-refractivity contribution in [3.63, 3.8) is 0 Å². The molecule has 0 saturated carbocycles. The van der Waals surface area contributed by atoms with Crippen LogP contribution < -0.4 is 5.32 Å². The van der Waals surface area contributed by atoms with Gasteiger partial charge in [0.25, 0.3) is 0 Å². The van der Waals surface area contributed by atoms with Crippen molar-refractivity contribution in [3.05, 3.63) is 48.8 Å². The van der Waals surface area contributed by atoms with E-state index in [0.717, 1.165) is 6.26 Å². The number of nitrogens with zero attached hydrogens (tertiary/aromatic N) is 2. The molecular weight excluding hydrogens is 402 g/mol. The van der Waals surface area contributed by atoms with Crippen LogP contribution in [-0.4, -0.2) is 51.4 Å². The minimum Gasteiger partial charge on any atom is -0.326 e. The molecule has 2 heterocycles. The summed E-state index contributed by atoms with van der Waals surface area (Å²) in [6.07, 6.45) is 4.76. The Morgan fingerprint density at radius 3 is 2.21 bits per heavy atom. The summed E-state index contributed by atoms with van der Waals surface area (Å²) >= 11 is 0. The second-order valence-corrected chi connectivity index (χ2v) is 10.6. The Labute approximate surface area is 164 Å². The molecule has 1 aromatic heterocycles. The van der Waals surface area contributed by atoms with Gasteiger partial charge in [-0.25, -0.2) is 16.8 Å². The number of piperidine rings is 1. The average Bonchev–Trinajstić information content (AvgIpc) is 2.68. The highest BCUT2D eigenvalue weighted by atomic mass is 32.2. The number of hydrogen-bond donors (Lipinski definition) is 1. The number of aromatic nitrogens is 1. The Hall–Kier alpha value is -2.30. The number of sulfonamides is 1. The number of benzene rings is 1. The van der Waals surface area contributed by atoms with Crippen molar-refractivity contribution in [1.82, 2.24) is 9.29 Å². The molecule has 1 aliphatic rings. The minimum absolute atomic E-state index is 0.142. The van der Waals surface area contributed by atoms with Crippen molar-refractivity contribution in [2.75, 3.05) is 24.7 Å². The van der Waals surface area contributed by atoms with E-state index in [4.69, 9.17) is 0 Å². The fourth-order valence-electron chi connectivity index (χ4n) is 3.04. The maximum absolute atomic E-state index is 12.6. The predicted octanol–water partition coefficient (Wildman–Crippen LogP) is 1.52. The summed E-state index contributed by atoms with van der Waals surface area (Å²) in [4.78, 5) is 16.6. The number of nitrogens with one attached hydrogen (secondary N) is 1. The fraction of sp³-hybridized carbons (Fsp3) is 0.333. The highest BCUT2D eigenvalue weighted by Gasteiger charge is 2.32. The fourth-order valence-corrected chi connectivity index (χ4v) is 5.10. The molecule has 1 aromatic carbocycles. The molecule has 0 atom stereocenters. The van der Waals surface area contributed by atoms with E-state index in [1.165, 1.54) is 47.0 Å². The zero-order valence-electron chi connectivity index (χ0n) is 15.3. The summed E-state index contributed by atoms with van der Waals surface area (Å²) in [5.74, 6) is -0.513.